The maximum absolute atomic E-state index is 11.7. The van der Waals surface area contributed by atoms with E-state index in [1.54, 1.807) is 6.07 Å². The number of nitrogens with one attached hydrogen (secondary N) is 3. The van der Waals surface area contributed by atoms with Crippen molar-refractivity contribution in [2.45, 2.75) is 25.6 Å². The summed E-state index contributed by atoms with van der Waals surface area (Å²) in [4.78, 5) is 14.1. The molecule has 0 saturated heterocycles. The lowest BCUT2D eigenvalue weighted by atomic mass is 10.00. The van der Waals surface area contributed by atoms with Gasteiger partial charge in [-0.2, -0.15) is 0 Å². The van der Waals surface area contributed by atoms with E-state index < -0.39 is 6.10 Å². The van der Waals surface area contributed by atoms with E-state index in [2.05, 4.69) is 88.4 Å². The van der Waals surface area contributed by atoms with Crippen LogP contribution in [0.2, 0.25) is 0 Å². The Balaban J connectivity index is 1.15. The summed E-state index contributed by atoms with van der Waals surface area (Å²) in [7, 11) is 0. The van der Waals surface area contributed by atoms with E-state index in [-0.39, 0.29) is 10.6 Å². The first-order valence-electron chi connectivity index (χ1n) is 12.7. The van der Waals surface area contributed by atoms with Crippen molar-refractivity contribution in [3.8, 4) is 16.9 Å². The van der Waals surface area contributed by atoms with Crippen molar-refractivity contribution in [2.24, 2.45) is 0 Å². The summed E-state index contributed by atoms with van der Waals surface area (Å²) in [6, 6.07) is 30.8. The van der Waals surface area contributed by atoms with Gasteiger partial charge >= 0.3 is 4.87 Å². The number of hydrogen-bond donors (Lipinski definition) is 5. The van der Waals surface area contributed by atoms with Crippen molar-refractivity contribution in [1.29, 1.82) is 0 Å². The highest BCUT2D eigenvalue weighted by molar-refractivity contribution is 7.16. The number of hydrogen-bond acceptors (Lipinski definition) is 6. The maximum Gasteiger partial charge on any atom is 0.305 e. The molecule has 4 aromatic carbocycles. The van der Waals surface area contributed by atoms with Crippen molar-refractivity contribution in [2.75, 3.05) is 13.1 Å². The molecule has 5 aromatic rings. The number of aliphatic hydroxyl groups is 1. The van der Waals surface area contributed by atoms with E-state index in [9.17, 15) is 15.0 Å². The maximum atomic E-state index is 11.7. The van der Waals surface area contributed by atoms with Gasteiger partial charge in [-0.25, -0.2) is 0 Å². The Labute approximate surface area is 225 Å². The first-order valence-corrected chi connectivity index (χ1v) is 13.5. The van der Waals surface area contributed by atoms with Gasteiger partial charge in [-0.05, 0) is 52.9 Å². The largest absolute Gasteiger partial charge is 0.506 e. The molecule has 0 fully saturated rings. The Morgan fingerprint density at radius 2 is 1.47 bits per heavy atom. The molecule has 5 N–H and O–H groups in total. The van der Waals surface area contributed by atoms with E-state index in [4.69, 9.17) is 0 Å². The molecule has 0 amide bonds. The molecule has 0 aliphatic rings. The quantitative estimate of drug-likeness (QED) is 0.154. The summed E-state index contributed by atoms with van der Waals surface area (Å²) in [5.74, 6) is 0.0103. The second kappa shape index (κ2) is 12.2. The minimum absolute atomic E-state index is 0.0103. The van der Waals surface area contributed by atoms with Crippen LogP contribution in [0.25, 0.3) is 21.3 Å². The summed E-state index contributed by atoms with van der Waals surface area (Å²) in [5, 5.41) is 27.5. The minimum Gasteiger partial charge on any atom is -0.506 e. The predicted molar refractivity (Wildman–Crippen MR) is 155 cm³/mol. The van der Waals surface area contributed by atoms with Gasteiger partial charge in [-0.1, -0.05) is 90.2 Å². The fourth-order valence-electron chi connectivity index (χ4n) is 4.60. The predicted octanol–water partition coefficient (Wildman–Crippen LogP) is 5.12. The number of aromatic hydroxyl groups is 1. The Morgan fingerprint density at radius 3 is 2.26 bits per heavy atom. The highest BCUT2D eigenvalue weighted by Crippen LogP contribution is 2.31. The van der Waals surface area contributed by atoms with Crippen molar-refractivity contribution >= 4 is 21.6 Å². The summed E-state index contributed by atoms with van der Waals surface area (Å²) in [6.07, 6.45) is 0.0376. The highest BCUT2D eigenvalue weighted by atomic mass is 32.1. The number of phenolic OH excluding ortho intramolecular Hbond substituents is 1. The molecule has 5 rings (SSSR count). The van der Waals surface area contributed by atoms with Gasteiger partial charge in [-0.15, -0.1) is 0 Å². The third kappa shape index (κ3) is 6.38. The van der Waals surface area contributed by atoms with Gasteiger partial charge in [0.1, 0.15) is 11.3 Å². The van der Waals surface area contributed by atoms with Crippen LogP contribution >= 0.6 is 11.3 Å². The van der Waals surface area contributed by atoms with Gasteiger partial charge in [0.05, 0.1) is 10.8 Å². The Morgan fingerprint density at radius 1 is 0.789 bits per heavy atom. The topological polar surface area (TPSA) is 97.4 Å². The molecule has 0 bridgehead atoms. The van der Waals surface area contributed by atoms with Crippen LogP contribution in [0.5, 0.6) is 5.75 Å². The van der Waals surface area contributed by atoms with Crippen molar-refractivity contribution < 1.29 is 10.2 Å². The summed E-state index contributed by atoms with van der Waals surface area (Å²) < 4.78 is 0.592. The first-order chi connectivity index (χ1) is 18.6. The van der Waals surface area contributed by atoms with E-state index in [1.807, 2.05) is 6.07 Å². The van der Waals surface area contributed by atoms with Crippen LogP contribution in [0.4, 0.5) is 0 Å². The van der Waals surface area contributed by atoms with Crippen molar-refractivity contribution in [3.05, 3.63) is 123 Å². The van der Waals surface area contributed by atoms with Crippen LogP contribution in [0.3, 0.4) is 0 Å². The molecular formula is C31H31N3O3S. The molecule has 1 aromatic heterocycles. The van der Waals surface area contributed by atoms with Gasteiger partial charge in [-0.3, -0.25) is 4.79 Å². The lowest BCUT2D eigenvalue weighted by molar-refractivity contribution is 0.176. The lowest BCUT2D eigenvalue weighted by Gasteiger charge is -2.14. The fraction of sp³-hybridized carbons (Fsp3) is 0.194. The lowest BCUT2D eigenvalue weighted by Crippen LogP contribution is -2.23. The third-order valence-corrected chi connectivity index (χ3v) is 7.49. The normalized spacial score (nSPS) is 12.1. The van der Waals surface area contributed by atoms with Gasteiger partial charge in [0, 0.05) is 25.2 Å². The zero-order chi connectivity index (χ0) is 26.3. The van der Waals surface area contributed by atoms with Crippen LogP contribution in [0.1, 0.15) is 28.4 Å². The molecule has 0 spiro atoms. The van der Waals surface area contributed by atoms with Crippen LogP contribution in [-0.4, -0.2) is 28.3 Å². The molecule has 38 heavy (non-hydrogen) atoms. The number of benzene rings is 4. The monoisotopic (exact) mass is 525 g/mol. The molecule has 1 heterocycles. The minimum atomic E-state index is -0.783. The second-order valence-electron chi connectivity index (χ2n) is 9.35. The molecule has 6 nitrogen and oxygen atoms in total. The van der Waals surface area contributed by atoms with E-state index in [0.717, 1.165) is 30.8 Å². The molecule has 0 aliphatic heterocycles. The SMILES string of the molecule is O=c1[nH]c2c(O)ccc([C@@H](O)CNCCc3cccc(-c4cccc(CNCc5ccccc5)c4)c3)c2s1. The Kier molecular flexibility index (Phi) is 8.31. The van der Waals surface area contributed by atoms with E-state index in [1.165, 1.54) is 33.9 Å². The average molecular weight is 526 g/mol. The number of aliphatic hydroxyl groups excluding tert-OH is 1. The number of fused-ring (bicyclic) bond motifs is 1. The van der Waals surface area contributed by atoms with Gasteiger partial charge in [0.15, 0.2) is 0 Å². The molecule has 1 atom stereocenters. The molecule has 0 aliphatic carbocycles. The molecular weight excluding hydrogens is 494 g/mol. The number of H-pyrrole nitrogens is 1. The summed E-state index contributed by atoms with van der Waals surface area (Å²) in [6.45, 7) is 2.70. The molecule has 0 unspecified atom stereocenters. The van der Waals surface area contributed by atoms with Crippen LogP contribution in [0, 0.1) is 0 Å². The molecule has 194 valence electrons. The fourth-order valence-corrected chi connectivity index (χ4v) is 5.52. The zero-order valence-corrected chi connectivity index (χ0v) is 21.8. The number of aromatic amines is 1. The van der Waals surface area contributed by atoms with Crippen LogP contribution in [0.15, 0.2) is 95.8 Å². The van der Waals surface area contributed by atoms with Gasteiger partial charge < -0.3 is 25.8 Å². The highest BCUT2D eigenvalue weighted by Gasteiger charge is 2.16. The average Bonchev–Trinajstić information content (AvgIpc) is 3.34. The van der Waals surface area contributed by atoms with Crippen molar-refractivity contribution in [1.82, 2.24) is 15.6 Å². The van der Waals surface area contributed by atoms with Crippen LogP contribution < -0.4 is 15.5 Å². The Bertz CT molecular complexity index is 1560. The standard InChI is InChI=1S/C31H31N3O3S/c35-27-13-12-26(30-29(27)34-31(37)38-30)28(36)20-32-15-14-21-8-4-10-24(16-21)25-11-5-9-23(17-25)19-33-18-22-6-2-1-3-7-22/h1-13,16-17,28,32-33,35-36H,14-15,18-20H2,(H,34,37)/t28-/m0/s1. The van der Waals surface area contributed by atoms with Gasteiger partial charge in [0.25, 0.3) is 0 Å². The first kappa shape index (κ1) is 25.9. The molecule has 7 heteroatoms. The molecule has 0 radical (unpaired) electrons. The number of rotatable bonds is 11. The molecule has 0 saturated carbocycles. The van der Waals surface area contributed by atoms with Gasteiger partial charge in [0.2, 0.25) is 0 Å². The van der Waals surface area contributed by atoms with Crippen molar-refractivity contribution in [3.63, 3.8) is 0 Å². The second-order valence-corrected chi connectivity index (χ2v) is 10.3. The number of phenols is 1. The smallest absolute Gasteiger partial charge is 0.305 e. The Hall–Kier alpha value is -3.75. The van der Waals surface area contributed by atoms with E-state index >= 15 is 0 Å². The van der Waals surface area contributed by atoms with Crippen LogP contribution in [-0.2, 0) is 19.5 Å². The zero-order valence-electron chi connectivity index (χ0n) is 21.0. The van der Waals surface area contributed by atoms with E-state index in [0.29, 0.717) is 28.9 Å². The summed E-state index contributed by atoms with van der Waals surface area (Å²) in [5.41, 5.74) is 7.12. The third-order valence-electron chi connectivity index (χ3n) is 6.56. The number of thiazole rings is 1. The summed E-state index contributed by atoms with van der Waals surface area (Å²) >= 11 is 0.998. The number of aromatic nitrogens is 1.